The quantitative estimate of drug-likeness (QED) is 0.729. The fourth-order valence-electron chi connectivity index (χ4n) is 2.15. The number of aromatic nitrogens is 1. The third-order valence-electron chi connectivity index (χ3n) is 3.74. The first-order valence-corrected chi connectivity index (χ1v) is 8.32. The first-order valence-electron chi connectivity index (χ1n) is 7.95. The van der Waals surface area contributed by atoms with Gasteiger partial charge < -0.3 is 10.1 Å². The molecule has 5 nitrogen and oxygen atoms in total. The van der Waals surface area contributed by atoms with E-state index in [4.69, 9.17) is 16.3 Å². The van der Waals surface area contributed by atoms with Gasteiger partial charge in [0.2, 0.25) is 5.91 Å². The SMILES string of the molecule is C=CCOc1ccc(CN(C)[C@@H](C)C(=O)Nc2ccc(Cl)cn2)cc1. The van der Waals surface area contributed by atoms with Gasteiger partial charge in [0.15, 0.2) is 0 Å². The topological polar surface area (TPSA) is 54.5 Å². The van der Waals surface area contributed by atoms with Gasteiger partial charge >= 0.3 is 0 Å². The largest absolute Gasteiger partial charge is 0.490 e. The Labute approximate surface area is 153 Å². The second kappa shape index (κ2) is 9.20. The van der Waals surface area contributed by atoms with Gasteiger partial charge in [0, 0.05) is 12.7 Å². The Morgan fingerprint density at radius 3 is 2.68 bits per heavy atom. The van der Waals surface area contributed by atoms with Crippen LogP contribution in [0.2, 0.25) is 5.02 Å². The predicted molar refractivity (Wildman–Crippen MR) is 101 cm³/mol. The summed E-state index contributed by atoms with van der Waals surface area (Å²) in [6, 6.07) is 10.8. The van der Waals surface area contributed by atoms with Crippen molar-refractivity contribution >= 4 is 23.3 Å². The Balaban J connectivity index is 1.90. The molecule has 25 heavy (non-hydrogen) atoms. The number of nitrogens with zero attached hydrogens (tertiary/aromatic N) is 2. The summed E-state index contributed by atoms with van der Waals surface area (Å²) in [6.45, 7) is 6.60. The minimum absolute atomic E-state index is 0.122. The molecule has 6 heteroatoms. The zero-order chi connectivity index (χ0) is 18.2. The maximum Gasteiger partial charge on any atom is 0.242 e. The number of rotatable bonds is 8. The molecule has 0 aliphatic heterocycles. The van der Waals surface area contributed by atoms with Crippen LogP contribution in [-0.2, 0) is 11.3 Å². The highest BCUT2D eigenvalue weighted by molar-refractivity contribution is 6.30. The van der Waals surface area contributed by atoms with Gasteiger partial charge in [0.25, 0.3) is 0 Å². The zero-order valence-electron chi connectivity index (χ0n) is 14.4. The highest BCUT2D eigenvalue weighted by Crippen LogP contribution is 2.15. The molecule has 1 aromatic carbocycles. The van der Waals surface area contributed by atoms with Crippen LogP contribution in [0.1, 0.15) is 12.5 Å². The number of benzene rings is 1. The van der Waals surface area contributed by atoms with Gasteiger partial charge in [-0.1, -0.05) is 36.4 Å². The summed E-state index contributed by atoms with van der Waals surface area (Å²) in [5.74, 6) is 1.16. The Morgan fingerprint density at radius 1 is 1.36 bits per heavy atom. The van der Waals surface area contributed by atoms with Crippen LogP contribution in [0.15, 0.2) is 55.3 Å². The lowest BCUT2D eigenvalue weighted by atomic mass is 10.2. The van der Waals surface area contributed by atoms with Crippen LogP contribution in [0, 0.1) is 0 Å². The summed E-state index contributed by atoms with van der Waals surface area (Å²) in [4.78, 5) is 18.4. The number of carbonyl (C=O) groups excluding carboxylic acids is 1. The molecule has 132 valence electrons. The minimum atomic E-state index is -0.311. The fourth-order valence-corrected chi connectivity index (χ4v) is 2.26. The zero-order valence-corrected chi connectivity index (χ0v) is 15.2. The number of likely N-dealkylation sites (N-methyl/N-ethyl adjacent to an activating group) is 1. The monoisotopic (exact) mass is 359 g/mol. The number of hydrogen-bond acceptors (Lipinski definition) is 4. The van der Waals surface area contributed by atoms with Gasteiger partial charge in [-0.15, -0.1) is 0 Å². The van der Waals surface area contributed by atoms with Crippen LogP contribution in [-0.4, -0.2) is 35.5 Å². The van der Waals surface area contributed by atoms with Gasteiger partial charge in [-0.3, -0.25) is 9.69 Å². The van der Waals surface area contributed by atoms with Crippen molar-refractivity contribution in [1.82, 2.24) is 9.88 Å². The van der Waals surface area contributed by atoms with Gasteiger partial charge in [-0.25, -0.2) is 4.98 Å². The molecule has 0 radical (unpaired) electrons. The van der Waals surface area contributed by atoms with Crippen LogP contribution in [0.5, 0.6) is 5.75 Å². The first-order chi connectivity index (χ1) is 12.0. The van der Waals surface area contributed by atoms with E-state index in [1.165, 1.54) is 6.20 Å². The van der Waals surface area contributed by atoms with Crippen LogP contribution in [0.25, 0.3) is 0 Å². The molecule has 1 aromatic heterocycles. The lowest BCUT2D eigenvalue weighted by Crippen LogP contribution is -2.39. The molecule has 0 spiro atoms. The third-order valence-corrected chi connectivity index (χ3v) is 3.97. The molecule has 1 N–H and O–H groups in total. The lowest BCUT2D eigenvalue weighted by molar-refractivity contribution is -0.120. The average molecular weight is 360 g/mol. The molecule has 1 heterocycles. The number of hydrogen-bond donors (Lipinski definition) is 1. The summed E-state index contributed by atoms with van der Waals surface area (Å²) in [5, 5.41) is 3.32. The highest BCUT2D eigenvalue weighted by atomic mass is 35.5. The van der Waals surface area contributed by atoms with Crippen molar-refractivity contribution < 1.29 is 9.53 Å². The van der Waals surface area contributed by atoms with E-state index in [1.807, 2.05) is 43.1 Å². The standard InChI is InChI=1S/C19H22ClN3O2/c1-4-11-25-17-8-5-15(6-9-17)13-23(3)14(2)19(24)22-18-10-7-16(20)12-21-18/h4-10,12,14H,1,11,13H2,2-3H3,(H,21,22,24)/t14-/m0/s1. The molecule has 0 saturated heterocycles. The Bertz CT molecular complexity index is 702. The average Bonchev–Trinajstić information content (AvgIpc) is 2.62. The maximum atomic E-state index is 12.3. The van der Waals surface area contributed by atoms with Crippen molar-refractivity contribution in [3.63, 3.8) is 0 Å². The molecule has 0 unspecified atom stereocenters. The predicted octanol–water partition coefficient (Wildman–Crippen LogP) is 3.76. The van der Waals surface area contributed by atoms with Gasteiger partial charge in [0.05, 0.1) is 11.1 Å². The van der Waals surface area contributed by atoms with E-state index >= 15 is 0 Å². The molecular formula is C19H22ClN3O2. The van der Waals surface area contributed by atoms with Crippen LogP contribution in [0.3, 0.4) is 0 Å². The normalized spacial score (nSPS) is 11.8. The van der Waals surface area contributed by atoms with Crippen molar-refractivity contribution in [2.45, 2.75) is 19.5 Å². The summed E-state index contributed by atoms with van der Waals surface area (Å²) < 4.78 is 5.46. The molecule has 0 aliphatic rings. The molecule has 0 saturated carbocycles. The van der Waals surface area contributed by atoms with E-state index < -0.39 is 0 Å². The third kappa shape index (κ3) is 5.89. The first kappa shape index (κ1) is 19.0. The van der Waals surface area contributed by atoms with E-state index in [-0.39, 0.29) is 11.9 Å². The molecule has 1 amide bonds. The van der Waals surface area contributed by atoms with E-state index in [0.717, 1.165) is 11.3 Å². The maximum absolute atomic E-state index is 12.3. The van der Waals surface area contributed by atoms with E-state index in [9.17, 15) is 4.79 Å². The Kier molecular flexibility index (Phi) is 6.98. The van der Waals surface area contributed by atoms with Crippen molar-refractivity contribution in [3.8, 4) is 5.75 Å². The van der Waals surface area contributed by atoms with Gasteiger partial charge in [0.1, 0.15) is 18.2 Å². The molecule has 2 rings (SSSR count). The smallest absolute Gasteiger partial charge is 0.242 e. The van der Waals surface area contributed by atoms with Crippen LogP contribution >= 0.6 is 11.6 Å². The summed E-state index contributed by atoms with van der Waals surface area (Å²) >= 11 is 5.79. The van der Waals surface area contributed by atoms with Crippen LogP contribution < -0.4 is 10.1 Å². The molecule has 1 atom stereocenters. The molecule has 0 aliphatic carbocycles. The molecule has 0 bridgehead atoms. The number of amides is 1. The molecule has 2 aromatic rings. The van der Waals surface area contributed by atoms with E-state index in [1.54, 1.807) is 18.2 Å². The highest BCUT2D eigenvalue weighted by Gasteiger charge is 2.18. The van der Waals surface area contributed by atoms with Crippen LogP contribution in [0.4, 0.5) is 5.82 Å². The second-order valence-electron chi connectivity index (χ2n) is 5.69. The lowest BCUT2D eigenvalue weighted by Gasteiger charge is -2.23. The van der Waals surface area contributed by atoms with Crippen molar-refractivity contribution in [3.05, 3.63) is 65.8 Å². The minimum Gasteiger partial charge on any atom is -0.490 e. The number of anilines is 1. The number of carbonyl (C=O) groups is 1. The summed E-state index contributed by atoms with van der Waals surface area (Å²) in [5.41, 5.74) is 1.10. The summed E-state index contributed by atoms with van der Waals surface area (Å²) in [7, 11) is 1.90. The number of pyridine rings is 1. The molecule has 0 fully saturated rings. The van der Waals surface area contributed by atoms with Gasteiger partial charge in [-0.2, -0.15) is 0 Å². The summed E-state index contributed by atoms with van der Waals surface area (Å²) in [6.07, 6.45) is 3.21. The van der Waals surface area contributed by atoms with Gasteiger partial charge in [-0.05, 0) is 43.8 Å². The Hall–Kier alpha value is -2.37. The van der Waals surface area contributed by atoms with Crippen molar-refractivity contribution in [2.75, 3.05) is 19.0 Å². The number of halogens is 1. The molecular weight excluding hydrogens is 338 g/mol. The fraction of sp³-hybridized carbons (Fsp3) is 0.263. The second-order valence-corrected chi connectivity index (χ2v) is 6.12. The van der Waals surface area contributed by atoms with Crippen molar-refractivity contribution in [1.29, 1.82) is 0 Å². The number of nitrogens with one attached hydrogen (secondary N) is 1. The Morgan fingerprint density at radius 2 is 2.08 bits per heavy atom. The van der Waals surface area contributed by atoms with Crippen molar-refractivity contribution in [2.24, 2.45) is 0 Å². The van der Waals surface area contributed by atoms with E-state index in [0.29, 0.717) is 24.0 Å². The number of ether oxygens (including phenoxy) is 1. The van der Waals surface area contributed by atoms with E-state index in [2.05, 4.69) is 16.9 Å².